The molecule has 0 bridgehead atoms. The van der Waals surface area contributed by atoms with Gasteiger partial charge in [-0.25, -0.2) is 4.79 Å². The van der Waals surface area contributed by atoms with Gasteiger partial charge in [0.05, 0.1) is 0 Å². The Hall–Kier alpha value is 0.620. The fraction of sp³-hybridized carbons (Fsp3) is 0.182. The summed E-state index contributed by atoms with van der Waals surface area (Å²) < 4.78 is 8.67. The van der Waals surface area contributed by atoms with Crippen molar-refractivity contribution in [3.05, 3.63) is 40.6 Å². The summed E-state index contributed by atoms with van der Waals surface area (Å²) >= 11 is 6.85. The summed E-state index contributed by atoms with van der Waals surface area (Å²) in [6.07, 6.45) is 0. The molecule has 0 amide bonds. The highest BCUT2D eigenvalue weighted by Gasteiger charge is 2.07. The SMILES string of the molecule is C=C(C)C(=O)OCc1cc(I)c(I)c(I)c1. The maximum atomic E-state index is 11.2. The summed E-state index contributed by atoms with van der Waals surface area (Å²) in [4.78, 5) is 11.2. The minimum Gasteiger partial charge on any atom is -0.457 e. The van der Waals surface area contributed by atoms with E-state index in [2.05, 4.69) is 74.4 Å². The van der Waals surface area contributed by atoms with Gasteiger partial charge in [0, 0.05) is 16.3 Å². The van der Waals surface area contributed by atoms with Crippen molar-refractivity contribution in [2.45, 2.75) is 13.5 Å². The average molecular weight is 554 g/mol. The van der Waals surface area contributed by atoms with Crippen LogP contribution in [-0.2, 0) is 16.1 Å². The first-order chi connectivity index (χ1) is 7.41. The van der Waals surface area contributed by atoms with E-state index >= 15 is 0 Å². The molecular weight excluding hydrogens is 545 g/mol. The van der Waals surface area contributed by atoms with Crippen LogP contribution in [0.15, 0.2) is 24.3 Å². The molecule has 1 aromatic carbocycles. The zero-order valence-electron chi connectivity index (χ0n) is 8.52. The third-order valence-corrected chi connectivity index (χ3v) is 6.69. The van der Waals surface area contributed by atoms with Crippen LogP contribution < -0.4 is 0 Å². The van der Waals surface area contributed by atoms with E-state index in [1.54, 1.807) is 6.92 Å². The minimum atomic E-state index is -0.344. The predicted octanol–water partition coefficient (Wildman–Crippen LogP) is 4.12. The number of halogens is 3. The van der Waals surface area contributed by atoms with Gasteiger partial charge in [-0.1, -0.05) is 6.58 Å². The molecule has 0 heterocycles. The second kappa shape index (κ2) is 6.53. The topological polar surface area (TPSA) is 26.3 Å². The van der Waals surface area contributed by atoms with Crippen molar-refractivity contribution in [3.63, 3.8) is 0 Å². The molecule has 0 aromatic heterocycles. The van der Waals surface area contributed by atoms with Gasteiger partial charge >= 0.3 is 5.97 Å². The van der Waals surface area contributed by atoms with E-state index < -0.39 is 0 Å². The first-order valence-corrected chi connectivity index (χ1v) is 7.61. The molecule has 16 heavy (non-hydrogen) atoms. The molecular formula is C11H9I3O2. The third-order valence-electron chi connectivity index (χ3n) is 1.76. The highest BCUT2D eigenvalue weighted by atomic mass is 127. The molecule has 1 rings (SSSR count). The van der Waals surface area contributed by atoms with Gasteiger partial charge in [0.2, 0.25) is 0 Å². The van der Waals surface area contributed by atoms with Crippen LogP contribution in [0.5, 0.6) is 0 Å². The number of esters is 1. The van der Waals surface area contributed by atoms with Crippen LogP contribution >= 0.6 is 67.8 Å². The third kappa shape index (κ3) is 4.13. The molecule has 86 valence electrons. The van der Waals surface area contributed by atoms with Crippen molar-refractivity contribution in [3.8, 4) is 0 Å². The number of carbonyl (C=O) groups excluding carboxylic acids is 1. The number of rotatable bonds is 3. The zero-order valence-corrected chi connectivity index (χ0v) is 15.0. The van der Waals surface area contributed by atoms with Gasteiger partial charge in [0.1, 0.15) is 6.61 Å². The van der Waals surface area contributed by atoms with Crippen LogP contribution in [0.4, 0.5) is 0 Å². The van der Waals surface area contributed by atoms with E-state index in [1.165, 1.54) is 10.7 Å². The number of hydrogen-bond donors (Lipinski definition) is 0. The van der Waals surface area contributed by atoms with Crippen molar-refractivity contribution in [2.75, 3.05) is 0 Å². The van der Waals surface area contributed by atoms with Gasteiger partial charge < -0.3 is 4.74 Å². The van der Waals surface area contributed by atoms with Crippen LogP contribution in [0.25, 0.3) is 0 Å². The standard InChI is InChI=1S/C11H9I3O2/c1-6(2)11(15)16-5-7-3-8(12)10(14)9(13)4-7/h3-4H,1,5H2,2H3. The number of carbonyl (C=O) groups is 1. The van der Waals surface area contributed by atoms with E-state index in [0.29, 0.717) is 12.2 Å². The lowest BCUT2D eigenvalue weighted by molar-refractivity contribution is -0.140. The summed E-state index contributed by atoms with van der Waals surface area (Å²) in [5, 5.41) is 0. The Morgan fingerprint density at radius 1 is 1.31 bits per heavy atom. The molecule has 0 aliphatic heterocycles. The molecule has 0 aliphatic carbocycles. The van der Waals surface area contributed by atoms with Gasteiger partial charge in [0.25, 0.3) is 0 Å². The predicted molar refractivity (Wildman–Crippen MR) is 89.2 cm³/mol. The smallest absolute Gasteiger partial charge is 0.333 e. The van der Waals surface area contributed by atoms with Crippen LogP contribution in [0.2, 0.25) is 0 Å². The van der Waals surface area contributed by atoms with E-state index in [1.807, 2.05) is 12.1 Å². The maximum Gasteiger partial charge on any atom is 0.333 e. The summed E-state index contributed by atoms with van der Waals surface area (Å²) in [6.45, 7) is 5.48. The zero-order chi connectivity index (χ0) is 12.3. The van der Waals surface area contributed by atoms with Crippen molar-refractivity contribution in [1.82, 2.24) is 0 Å². The maximum absolute atomic E-state index is 11.2. The van der Waals surface area contributed by atoms with Crippen LogP contribution in [0.1, 0.15) is 12.5 Å². The Morgan fingerprint density at radius 3 is 2.25 bits per heavy atom. The molecule has 0 saturated heterocycles. The Morgan fingerprint density at radius 2 is 1.81 bits per heavy atom. The van der Waals surface area contributed by atoms with Gasteiger partial charge in [-0.2, -0.15) is 0 Å². The Balaban J connectivity index is 2.76. The largest absolute Gasteiger partial charge is 0.457 e. The summed E-state index contributed by atoms with van der Waals surface area (Å²) in [5.41, 5.74) is 1.43. The van der Waals surface area contributed by atoms with E-state index in [0.717, 1.165) is 5.56 Å². The van der Waals surface area contributed by atoms with Gasteiger partial charge in [-0.05, 0) is 92.4 Å². The van der Waals surface area contributed by atoms with E-state index in [-0.39, 0.29) is 5.97 Å². The van der Waals surface area contributed by atoms with Gasteiger partial charge in [-0.3, -0.25) is 0 Å². The first-order valence-electron chi connectivity index (χ1n) is 4.38. The first kappa shape index (κ1) is 14.7. The lowest BCUT2D eigenvalue weighted by Gasteiger charge is -2.07. The molecule has 0 aliphatic rings. The van der Waals surface area contributed by atoms with Crippen molar-refractivity contribution < 1.29 is 9.53 Å². The Labute approximate surface area is 136 Å². The lowest BCUT2D eigenvalue weighted by Crippen LogP contribution is -2.05. The number of benzene rings is 1. The molecule has 2 nitrogen and oxygen atoms in total. The number of hydrogen-bond acceptors (Lipinski definition) is 2. The van der Waals surface area contributed by atoms with Crippen molar-refractivity contribution in [1.29, 1.82) is 0 Å². The van der Waals surface area contributed by atoms with E-state index in [4.69, 9.17) is 4.74 Å². The van der Waals surface area contributed by atoms with Crippen LogP contribution in [0, 0.1) is 10.7 Å². The molecule has 0 fully saturated rings. The quantitative estimate of drug-likeness (QED) is 0.244. The van der Waals surface area contributed by atoms with E-state index in [9.17, 15) is 4.79 Å². The molecule has 0 saturated carbocycles. The fourth-order valence-corrected chi connectivity index (χ4v) is 3.17. The highest BCUT2D eigenvalue weighted by molar-refractivity contribution is 14.1. The molecule has 0 atom stereocenters. The van der Waals surface area contributed by atoms with Gasteiger partial charge in [-0.15, -0.1) is 0 Å². The van der Waals surface area contributed by atoms with Gasteiger partial charge in [0.15, 0.2) is 0 Å². The minimum absolute atomic E-state index is 0.300. The summed E-state index contributed by atoms with van der Waals surface area (Å²) in [5.74, 6) is -0.344. The Kier molecular flexibility index (Phi) is 5.99. The molecule has 0 spiro atoms. The molecule has 0 N–H and O–H groups in total. The summed E-state index contributed by atoms with van der Waals surface area (Å²) in [6, 6.07) is 4.05. The molecule has 0 radical (unpaired) electrons. The van der Waals surface area contributed by atoms with Crippen LogP contribution in [0.3, 0.4) is 0 Å². The molecule has 1 aromatic rings. The molecule has 0 unspecified atom stereocenters. The second-order valence-corrected chi connectivity index (χ2v) is 6.63. The van der Waals surface area contributed by atoms with Crippen molar-refractivity contribution >= 4 is 73.7 Å². The average Bonchev–Trinajstić information content (AvgIpc) is 2.22. The summed E-state index contributed by atoms with van der Waals surface area (Å²) in [7, 11) is 0. The Bertz CT molecular complexity index is 418. The lowest BCUT2D eigenvalue weighted by atomic mass is 10.2. The number of ether oxygens (including phenoxy) is 1. The molecule has 5 heteroatoms. The fourth-order valence-electron chi connectivity index (χ4n) is 0.963. The monoisotopic (exact) mass is 554 g/mol. The second-order valence-electron chi connectivity index (χ2n) is 3.23. The van der Waals surface area contributed by atoms with Crippen LogP contribution in [-0.4, -0.2) is 5.97 Å². The normalized spacial score (nSPS) is 10.0. The van der Waals surface area contributed by atoms with Crippen molar-refractivity contribution in [2.24, 2.45) is 0 Å². The highest BCUT2D eigenvalue weighted by Crippen LogP contribution is 2.23.